The molecule has 0 bridgehead atoms. The minimum absolute atomic E-state index is 0.266. The summed E-state index contributed by atoms with van der Waals surface area (Å²) in [6.07, 6.45) is -0.572. The van der Waals surface area contributed by atoms with Crippen molar-refractivity contribution in [3.8, 4) is 11.8 Å². The highest BCUT2D eigenvalue weighted by Crippen LogP contribution is 2.12. The summed E-state index contributed by atoms with van der Waals surface area (Å²) in [6.45, 7) is 0.970. The molecule has 0 saturated heterocycles. The fourth-order valence-corrected chi connectivity index (χ4v) is 1.90. The van der Waals surface area contributed by atoms with Crippen molar-refractivity contribution in [1.29, 1.82) is 0 Å². The van der Waals surface area contributed by atoms with Crippen LogP contribution >= 0.6 is 0 Å². The molecular weight excluding hydrogens is 261 g/mol. The first-order valence-electron chi connectivity index (χ1n) is 6.30. The van der Waals surface area contributed by atoms with Gasteiger partial charge in [-0.25, -0.2) is 4.39 Å². The van der Waals surface area contributed by atoms with Crippen molar-refractivity contribution < 1.29 is 19.3 Å². The average Bonchev–Trinajstić information content (AvgIpc) is 2.39. The molecule has 2 N–H and O–H groups in total. The lowest BCUT2D eigenvalue weighted by atomic mass is 10.1. The molecule has 0 amide bonds. The summed E-state index contributed by atoms with van der Waals surface area (Å²) < 4.78 is 18.1. The van der Waals surface area contributed by atoms with Crippen LogP contribution in [0.5, 0.6) is 0 Å². The zero-order valence-corrected chi connectivity index (χ0v) is 11.8. The van der Waals surface area contributed by atoms with Crippen LogP contribution < -0.4 is 0 Å². The lowest BCUT2D eigenvalue weighted by Crippen LogP contribution is -2.31. The van der Waals surface area contributed by atoms with Crippen LogP contribution in [0.15, 0.2) is 18.2 Å². The topological polar surface area (TPSA) is 52.9 Å². The lowest BCUT2D eigenvalue weighted by molar-refractivity contribution is 0.0418. The number of methoxy groups -OCH3 is 1. The van der Waals surface area contributed by atoms with Crippen molar-refractivity contribution in [2.24, 2.45) is 0 Å². The molecule has 110 valence electrons. The highest BCUT2D eigenvalue weighted by atomic mass is 19.1. The van der Waals surface area contributed by atoms with Crippen molar-refractivity contribution in [3.63, 3.8) is 0 Å². The zero-order valence-electron chi connectivity index (χ0n) is 11.8. The van der Waals surface area contributed by atoms with Crippen LogP contribution in [0.4, 0.5) is 4.39 Å². The number of ether oxygens (including phenoxy) is 1. The van der Waals surface area contributed by atoms with Crippen molar-refractivity contribution in [3.05, 3.63) is 35.1 Å². The van der Waals surface area contributed by atoms with E-state index in [1.54, 1.807) is 6.07 Å². The molecule has 0 aromatic heterocycles. The molecule has 0 radical (unpaired) electrons. The van der Waals surface area contributed by atoms with Crippen LogP contribution in [0.2, 0.25) is 0 Å². The van der Waals surface area contributed by atoms with Crippen molar-refractivity contribution in [1.82, 2.24) is 4.90 Å². The van der Waals surface area contributed by atoms with E-state index < -0.39 is 6.10 Å². The normalized spacial score (nSPS) is 12.1. The quantitative estimate of drug-likeness (QED) is 0.750. The third-order valence-electron chi connectivity index (χ3n) is 2.70. The van der Waals surface area contributed by atoms with Crippen LogP contribution in [-0.4, -0.2) is 55.1 Å². The van der Waals surface area contributed by atoms with E-state index in [9.17, 15) is 9.50 Å². The van der Waals surface area contributed by atoms with Crippen LogP contribution in [-0.2, 0) is 11.3 Å². The van der Waals surface area contributed by atoms with Crippen LogP contribution in [0.25, 0.3) is 0 Å². The van der Waals surface area contributed by atoms with E-state index in [0.717, 1.165) is 5.56 Å². The second kappa shape index (κ2) is 8.67. The summed E-state index contributed by atoms with van der Waals surface area (Å²) in [5, 5.41) is 18.4. The Bertz CT molecular complexity index is 482. The summed E-state index contributed by atoms with van der Waals surface area (Å²) in [7, 11) is 3.39. The van der Waals surface area contributed by atoms with Gasteiger partial charge in [0.15, 0.2) is 0 Å². The number of nitrogens with zero attached hydrogens (tertiary/aromatic N) is 1. The minimum atomic E-state index is -0.572. The maximum atomic E-state index is 13.2. The minimum Gasteiger partial charge on any atom is -0.389 e. The van der Waals surface area contributed by atoms with Crippen LogP contribution in [0.3, 0.4) is 0 Å². The molecule has 0 heterocycles. The van der Waals surface area contributed by atoms with Crippen molar-refractivity contribution in [2.45, 2.75) is 12.6 Å². The van der Waals surface area contributed by atoms with E-state index in [1.807, 2.05) is 11.9 Å². The Labute approximate surface area is 118 Å². The van der Waals surface area contributed by atoms with Gasteiger partial charge < -0.3 is 14.9 Å². The predicted octanol–water partition coefficient (Wildman–Crippen LogP) is 0.609. The largest absolute Gasteiger partial charge is 0.389 e. The fraction of sp³-hybridized carbons (Fsp3) is 0.467. The van der Waals surface area contributed by atoms with Gasteiger partial charge >= 0.3 is 0 Å². The van der Waals surface area contributed by atoms with Gasteiger partial charge in [0.05, 0.1) is 12.7 Å². The lowest BCUT2D eigenvalue weighted by Gasteiger charge is -2.20. The molecule has 0 aliphatic carbocycles. The molecule has 1 unspecified atom stereocenters. The number of aliphatic hydroxyl groups excluding tert-OH is 2. The first-order valence-corrected chi connectivity index (χ1v) is 6.30. The Morgan fingerprint density at radius 3 is 2.85 bits per heavy atom. The number of benzene rings is 1. The third kappa shape index (κ3) is 5.68. The molecule has 1 aromatic rings. The second-order valence-corrected chi connectivity index (χ2v) is 4.57. The van der Waals surface area contributed by atoms with Gasteiger partial charge in [-0.3, -0.25) is 4.90 Å². The zero-order chi connectivity index (χ0) is 15.0. The Balaban J connectivity index is 2.75. The van der Waals surface area contributed by atoms with E-state index >= 15 is 0 Å². The molecular formula is C15H20FNO3. The number of halogens is 1. The summed E-state index contributed by atoms with van der Waals surface area (Å²) in [5.74, 6) is 4.89. The maximum absolute atomic E-state index is 13.2. The number of aliphatic hydroxyl groups is 2. The van der Waals surface area contributed by atoms with Crippen molar-refractivity contribution >= 4 is 0 Å². The molecule has 4 nitrogen and oxygen atoms in total. The Kier molecular flexibility index (Phi) is 7.20. The van der Waals surface area contributed by atoms with Crippen molar-refractivity contribution in [2.75, 3.05) is 33.9 Å². The van der Waals surface area contributed by atoms with E-state index in [-0.39, 0.29) is 19.0 Å². The van der Waals surface area contributed by atoms with E-state index in [0.29, 0.717) is 18.7 Å². The number of hydrogen-bond donors (Lipinski definition) is 2. The molecule has 0 aliphatic rings. The molecule has 1 aromatic carbocycles. The van der Waals surface area contributed by atoms with E-state index in [2.05, 4.69) is 11.8 Å². The molecule has 0 aliphatic heterocycles. The molecule has 20 heavy (non-hydrogen) atoms. The Morgan fingerprint density at radius 2 is 2.20 bits per heavy atom. The van der Waals surface area contributed by atoms with Crippen LogP contribution in [0, 0.1) is 17.7 Å². The highest BCUT2D eigenvalue weighted by molar-refractivity contribution is 5.41. The van der Waals surface area contributed by atoms with E-state index in [4.69, 9.17) is 9.84 Å². The van der Waals surface area contributed by atoms with E-state index in [1.165, 1.54) is 19.2 Å². The van der Waals surface area contributed by atoms with Gasteiger partial charge in [-0.2, -0.15) is 0 Å². The highest BCUT2D eigenvalue weighted by Gasteiger charge is 2.10. The maximum Gasteiger partial charge on any atom is 0.124 e. The summed E-state index contributed by atoms with van der Waals surface area (Å²) >= 11 is 0. The fourth-order valence-electron chi connectivity index (χ4n) is 1.90. The molecule has 0 spiro atoms. The van der Waals surface area contributed by atoms with Gasteiger partial charge in [0, 0.05) is 25.8 Å². The van der Waals surface area contributed by atoms with Gasteiger partial charge in [-0.1, -0.05) is 17.9 Å². The standard InChI is InChI=1S/C15H20FNO3/c1-17(10-15(19)11-20-2)9-13-5-6-14(16)8-12(13)4-3-7-18/h5-6,8,15,18-19H,7,9-11H2,1-2H3. The SMILES string of the molecule is COCC(O)CN(C)Cc1ccc(F)cc1C#CCO. The first-order chi connectivity index (χ1) is 9.56. The van der Waals surface area contributed by atoms with Gasteiger partial charge in [0.1, 0.15) is 12.4 Å². The van der Waals surface area contributed by atoms with Crippen LogP contribution in [0.1, 0.15) is 11.1 Å². The summed E-state index contributed by atoms with van der Waals surface area (Å²) in [4.78, 5) is 1.90. The first kappa shape index (κ1) is 16.6. The van der Waals surface area contributed by atoms with Gasteiger partial charge in [-0.05, 0) is 24.7 Å². The number of likely N-dealkylation sites (N-methyl/N-ethyl adjacent to an activating group) is 1. The summed E-state index contributed by atoms with van der Waals surface area (Å²) in [6, 6.07) is 4.38. The molecule has 5 heteroatoms. The molecule has 0 fully saturated rings. The second-order valence-electron chi connectivity index (χ2n) is 4.57. The van der Waals surface area contributed by atoms with Gasteiger partial charge in [0.25, 0.3) is 0 Å². The Morgan fingerprint density at radius 1 is 1.45 bits per heavy atom. The molecule has 1 rings (SSSR count). The predicted molar refractivity (Wildman–Crippen MR) is 74.6 cm³/mol. The van der Waals surface area contributed by atoms with Gasteiger partial charge in [0.2, 0.25) is 0 Å². The monoisotopic (exact) mass is 281 g/mol. The number of rotatable bonds is 6. The average molecular weight is 281 g/mol. The Hall–Kier alpha value is -1.45. The third-order valence-corrected chi connectivity index (χ3v) is 2.70. The molecule has 0 saturated carbocycles. The van der Waals surface area contributed by atoms with Gasteiger partial charge in [-0.15, -0.1) is 0 Å². The summed E-state index contributed by atoms with van der Waals surface area (Å²) in [5.41, 5.74) is 1.39. The number of hydrogen-bond acceptors (Lipinski definition) is 4. The molecule has 1 atom stereocenters. The smallest absolute Gasteiger partial charge is 0.124 e.